The Morgan fingerprint density at radius 1 is 1.50 bits per heavy atom. The van der Waals surface area contributed by atoms with Crippen LogP contribution in [0, 0.1) is 12.8 Å². The van der Waals surface area contributed by atoms with Gasteiger partial charge in [0.2, 0.25) is 0 Å². The first-order chi connectivity index (χ1) is 10.7. The molecule has 0 radical (unpaired) electrons. The third kappa shape index (κ3) is 3.06. The van der Waals surface area contributed by atoms with Gasteiger partial charge in [-0.2, -0.15) is 0 Å². The molecule has 2 aromatic heterocycles. The minimum Gasteiger partial charge on any atom is -0.396 e. The number of aliphatic hydroxyl groups is 1. The van der Waals surface area contributed by atoms with Crippen molar-refractivity contribution in [1.82, 2.24) is 19.6 Å². The number of amides is 2. The quantitative estimate of drug-likeness (QED) is 0.904. The summed E-state index contributed by atoms with van der Waals surface area (Å²) in [6.07, 6.45) is 3.90. The molecule has 0 aliphatic carbocycles. The second kappa shape index (κ2) is 6.36. The van der Waals surface area contributed by atoms with Crippen molar-refractivity contribution in [2.45, 2.75) is 26.3 Å². The number of carbonyl (C=O) groups excluding carboxylic acids is 1. The van der Waals surface area contributed by atoms with Gasteiger partial charge in [-0.1, -0.05) is 6.07 Å². The van der Waals surface area contributed by atoms with E-state index in [2.05, 4.69) is 10.3 Å². The number of aromatic nitrogens is 2. The molecule has 1 saturated heterocycles. The first-order valence-electron chi connectivity index (χ1n) is 7.74. The van der Waals surface area contributed by atoms with Crippen LogP contribution in [0.1, 0.15) is 24.2 Å². The molecule has 0 spiro atoms. The lowest BCUT2D eigenvalue weighted by molar-refractivity contribution is 0.129. The van der Waals surface area contributed by atoms with E-state index < -0.39 is 0 Å². The highest BCUT2D eigenvalue weighted by Crippen LogP contribution is 2.15. The minimum absolute atomic E-state index is 0.0769. The van der Waals surface area contributed by atoms with E-state index in [1.165, 1.54) is 0 Å². The lowest BCUT2D eigenvalue weighted by atomic mass is 9.99. The number of aliphatic hydroxyl groups excluding tert-OH is 1. The molecule has 0 aromatic carbocycles. The third-order valence-corrected chi connectivity index (χ3v) is 4.23. The van der Waals surface area contributed by atoms with E-state index in [9.17, 15) is 9.90 Å². The van der Waals surface area contributed by atoms with Crippen LogP contribution in [0.2, 0.25) is 0 Å². The van der Waals surface area contributed by atoms with Gasteiger partial charge in [-0.3, -0.25) is 0 Å². The maximum atomic E-state index is 12.2. The molecular weight excluding hydrogens is 280 g/mol. The summed E-state index contributed by atoms with van der Waals surface area (Å²) < 4.78 is 2.02. The molecule has 22 heavy (non-hydrogen) atoms. The number of nitrogens with one attached hydrogen (secondary N) is 1. The molecule has 0 saturated carbocycles. The van der Waals surface area contributed by atoms with Crippen LogP contribution in [-0.4, -0.2) is 45.1 Å². The average Bonchev–Trinajstić information content (AvgIpc) is 2.97. The number of hydrogen-bond donors (Lipinski definition) is 2. The van der Waals surface area contributed by atoms with Crippen LogP contribution in [-0.2, 0) is 6.54 Å². The van der Waals surface area contributed by atoms with Crippen LogP contribution < -0.4 is 5.32 Å². The van der Waals surface area contributed by atoms with Gasteiger partial charge in [0, 0.05) is 31.6 Å². The van der Waals surface area contributed by atoms with Crippen molar-refractivity contribution in [3.05, 3.63) is 35.8 Å². The van der Waals surface area contributed by atoms with Gasteiger partial charge in [0.05, 0.1) is 12.2 Å². The molecule has 6 heteroatoms. The summed E-state index contributed by atoms with van der Waals surface area (Å²) >= 11 is 0. The Morgan fingerprint density at radius 3 is 3.14 bits per heavy atom. The summed E-state index contributed by atoms with van der Waals surface area (Å²) in [5, 5.41) is 12.2. The van der Waals surface area contributed by atoms with Crippen molar-refractivity contribution in [3.63, 3.8) is 0 Å². The average molecular weight is 302 g/mol. The molecule has 1 fully saturated rings. The van der Waals surface area contributed by atoms with Crippen molar-refractivity contribution in [2.24, 2.45) is 5.92 Å². The van der Waals surface area contributed by atoms with Crippen molar-refractivity contribution in [1.29, 1.82) is 0 Å². The van der Waals surface area contributed by atoms with Crippen LogP contribution in [0.3, 0.4) is 0 Å². The summed E-state index contributed by atoms with van der Waals surface area (Å²) in [7, 11) is 0. The SMILES string of the molecule is Cc1cccc2nc(CNC(=O)N3CCCC(CO)C3)cn12. The van der Waals surface area contributed by atoms with E-state index in [-0.39, 0.29) is 18.6 Å². The molecule has 2 aromatic rings. The number of hydrogen-bond acceptors (Lipinski definition) is 3. The number of nitrogens with zero attached hydrogens (tertiary/aromatic N) is 3. The van der Waals surface area contributed by atoms with Crippen LogP contribution in [0.15, 0.2) is 24.4 Å². The highest BCUT2D eigenvalue weighted by atomic mass is 16.3. The number of piperidine rings is 1. The molecule has 1 aliphatic heterocycles. The van der Waals surface area contributed by atoms with Gasteiger partial charge in [-0.25, -0.2) is 9.78 Å². The van der Waals surface area contributed by atoms with E-state index in [1.54, 1.807) is 4.90 Å². The number of imidazole rings is 1. The first kappa shape index (κ1) is 14.8. The Morgan fingerprint density at radius 2 is 2.36 bits per heavy atom. The highest BCUT2D eigenvalue weighted by Gasteiger charge is 2.22. The van der Waals surface area contributed by atoms with Crippen LogP contribution in [0.25, 0.3) is 5.65 Å². The lowest BCUT2D eigenvalue weighted by Gasteiger charge is -2.31. The zero-order valence-electron chi connectivity index (χ0n) is 12.8. The third-order valence-electron chi connectivity index (χ3n) is 4.23. The normalized spacial score (nSPS) is 18.6. The molecule has 2 N–H and O–H groups in total. The van der Waals surface area contributed by atoms with Crippen molar-refractivity contribution >= 4 is 11.7 Å². The number of likely N-dealkylation sites (tertiary alicyclic amines) is 1. The van der Waals surface area contributed by atoms with Crippen LogP contribution >= 0.6 is 0 Å². The Hall–Kier alpha value is -2.08. The summed E-state index contributed by atoms with van der Waals surface area (Å²) in [6.45, 7) is 3.98. The zero-order chi connectivity index (χ0) is 15.5. The predicted octanol–water partition coefficient (Wildman–Crippen LogP) is 1.56. The summed E-state index contributed by atoms with van der Waals surface area (Å²) in [5.41, 5.74) is 2.85. The van der Waals surface area contributed by atoms with Crippen LogP contribution in [0.4, 0.5) is 4.79 Å². The maximum absolute atomic E-state index is 12.2. The summed E-state index contributed by atoms with van der Waals surface area (Å²) in [6, 6.07) is 5.88. The molecule has 3 rings (SSSR count). The van der Waals surface area contributed by atoms with Gasteiger partial charge in [0.1, 0.15) is 5.65 Å². The molecule has 1 unspecified atom stereocenters. The van der Waals surface area contributed by atoms with Crippen molar-refractivity contribution in [2.75, 3.05) is 19.7 Å². The van der Waals surface area contributed by atoms with Crippen LogP contribution in [0.5, 0.6) is 0 Å². The second-order valence-corrected chi connectivity index (χ2v) is 5.92. The number of pyridine rings is 1. The fourth-order valence-electron chi connectivity index (χ4n) is 2.96. The number of fused-ring (bicyclic) bond motifs is 1. The van der Waals surface area contributed by atoms with E-state index in [0.29, 0.717) is 13.1 Å². The van der Waals surface area contributed by atoms with Crippen molar-refractivity contribution in [3.8, 4) is 0 Å². The number of rotatable bonds is 3. The molecular formula is C16H22N4O2. The minimum atomic E-state index is -0.0769. The Balaban J connectivity index is 1.61. The highest BCUT2D eigenvalue weighted by molar-refractivity contribution is 5.74. The van der Waals surface area contributed by atoms with E-state index in [0.717, 1.165) is 36.4 Å². The molecule has 1 atom stereocenters. The summed E-state index contributed by atoms with van der Waals surface area (Å²) in [4.78, 5) is 18.5. The molecule has 0 bridgehead atoms. The number of urea groups is 1. The Kier molecular flexibility index (Phi) is 4.29. The molecule has 3 heterocycles. The second-order valence-electron chi connectivity index (χ2n) is 5.92. The molecule has 2 amide bonds. The topological polar surface area (TPSA) is 69.9 Å². The van der Waals surface area contributed by atoms with Crippen molar-refractivity contribution < 1.29 is 9.90 Å². The fraction of sp³-hybridized carbons (Fsp3) is 0.500. The van der Waals surface area contributed by atoms with Gasteiger partial charge >= 0.3 is 6.03 Å². The van der Waals surface area contributed by atoms with Gasteiger partial charge in [-0.05, 0) is 37.8 Å². The molecule has 6 nitrogen and oxygen atoms in total. The standard InChI is InChI=1S/C16H22N4O2/c1-12-4-2-6-15-18-14(10-20(12)15)8-17-16(22)19-7-3-5-13(9-19)11-21/h2,4,6,10,13,21H,3,5,7-9,11H2,1H3,(H,17,22). The summed E-state index contributed by atoms with van der Waals surface area (Å²) in [5.74, 6) is 0.206. The van der Waals surface area contributed by atoms with Gasteiger partial charge in [0.15, 0.2) is 0 Å². The predicted molar refractivity (Wildman–Crippen MR) is 83.5 cm³/mol. The molecule has 118 valence electrons. The maximum Gasteiger partial charge on any atom is 0.317 e. The smallest absolute Gasteiger partial charge is 0.317 e. The first-order valence-corrected chi connectivity index (χ1v) is 7.74. The Bertz CT molecular complexity index is 667. The zero-order valence-corrected chi connectivity index (χ0v) is 12.8. The van der Waals surface area contributed by atoms with E-state index in [1.807, 2.05) is 35.7 Å². The number of aryl methyl sites for hydroxylation is 1. The Labute approximate surface area is 129 Å². The van der Waals surface area contributed by atoms with Gasteiger partial charge in [-0.15, -0.1) is 0 Å². The largest absolute Gasteiger partial charge is 0.396 e. The lowest BCUT2D eigenvalue weighted by Crippen LogP contribution is -2.45. The fourth-order valence-corrected chi connectivity index (χ4v) is 2.96. The van der Waals surface area contributed by atoms with E-state index in [4.69, 9.17) is 0 Å². The van der Waals surface area contributed by atoms with Gasteiger partial charge in [0.25, 0.3) is 0 Å². The molecule has 1 aliphatic rings. The monoisotopic (exact) mass is 302 g/mol. The number of carbonyl (C=O) groups is 1. The van der Waals surface area contributed by atoms with E-state index >= 15 is 0 Å². The van der Waals surface area contributed by atoms with Gasteiger partial charge < -0.3 is 19.7 Å².